The summed E-state index contributed by atoms with van der Waals surface area (Å²) in [5.74, 6) is 1.46. The van der Waals surface area contributed by atoms with Gasteiger partial charge in [-0.2, -0.15) is 0 Å². The van der Waals surface area contributed by atoms with E-state index in [1.165, 1.54) is 0 Å². The van der Waals surface area contributed by atoms with Gasteiger partial charge >= 0.3 is 0 Å². The van der Waals surface area contributed by atoms with Gasteiger partial charge in [-0.3, -0.25) is 0 Å². The van der Waals surface area contributed by atoms with Crippen LogP contribution in [-0.2, 0) is 38.5 Å². The molecule has 6 aromatic carbocycles. The minimum Gasteiger partial charge on any atom is -0.508 e. The van der Waals surface area contributed by atoms with Crippen LogP contribution in [0.15, 0.2) is 147 Å². The van der Waals surface area contributed by atoms with Crippen LogP contribution in [0.2, 0.25) is 0 Å². The Labute approximate surface area is 342 Å². The molecule has 0 aliphatic rings. The van der Waals surface area contributed by atoms with Crippen LogP contribution in [0.5, 0.6) is 34.5 Å². The molecule has 0 bridgehead atoms. The van der Waals surface area contributed by atoms with Gasteiger partial charge in [0.25, 0.3) is 0 Å². The number of allylic oxidation sites excluding steroid dienone is 6. The fourth-order valence-corrected chi connectivity index (χ4v) is 6.81. The van der Waals surface area contributed by atoms with E-state index in [1.807, 2.05) is 76.2 Å². The Bertz CT molecular complexity index is 2370. The second-order valence-corrected chi connectivity index (χ2v) is 15.4. The highest BCUT2D eigenvalue weighted by Gasteiger charge is 2.13. The molecule has 6 rings (SSSR count). The molecule has 6 heteroatoms. The molecule has 6 aromatic rings. The van der Waals surface area contributed by atoms with Crippen molar-refractivity contribution in [1.29, 1.82) is 0 Å². The van der Waals surface area contributed by atoms with E-state index in [2.05, 4.69) is 39.5 Å². The van der Waals surface area contributed by atoms with E-state index in [-0.39, 0.29) is 34.5 Å². The molecule has 0 unspecified atom stereocenters. The highest BCUT2D eigenvalue weighted by Crippen LogP contribution is 2.38. The normalized spacial score (nSPS) is 10.6. The minimum absolute atomic E-state index is 0.225. The van der Waals surface area contributed by atoms with E-state index in [0.29, 0.717) is 49.3 Å². The van der Waals surface area contributed by atoms with Crippen LogP contribution in [0.3, 0.4) is 0 Å². The van der Waals surface area contributed by atoms with Crippen LogP contribution in [0.4, 0.5) is 0 Å². The van der Waals surface area contributed by atoms with Crippen LogP contribution in [0.1, 0.15) is 61.1 Å². The summed E-state index contributed by atoms with van der Waals surface area (Å²) in [6.45, 7) is 30.5. The van der Waals surface area contributed by atoms with Crippen molar-refractivity contribution in [1.82, 2.24) is 0 Å². The quantitative estimate of drug-likeness (QED) is 0.0688. The molecule has 58 heavy (non-hydrogen) atoms. The first-order valence-corrected chi connectivity index (χ1v) is 19.1. The summed E-state index contributed by atoms with van der Waals surface area (Å²) < 4.78 is 0. The Morgan fingerprint density at radius 1 is 0.397 bits per heavy atom. The first kappa shape index (κ1) is 44.1. The van der Waals surface area contributed by atoms with Gasteiger partial charge in [-0.05, 0) is 170 Å². The summed E-state index contributed by atoms with van der Waals surface area (Å²) in [7, 11) is 0. The zero-order chi connectivity index (χ0) is 42.8. The maximum atomic E-state index is 10.3. The van der Waals surface area contributed by atoms with Gasteiger partial charge in [-0.15, -0.1) is 13.2 Å². The lowest BCUT2D eigenvalue weighted by Crippen LogP contribution is -1.91. The summed E-state index contributed by atoms with van der Waals surface area (Å²) in [4.78, 5) is 0. The fourth-order valence-electron chi connectivity index (χ4n) is 6.81. The molecular formula is C52H56O6. The van der Waals surface area contributed by atoms with E-state index in [4.69, 9.17) is 0 Å². The van der Waals surface area contributed by atoms with E-state index < -0.39 is 0 Å². The van der Waals surface area contributed by atoms with Crippen molar-refractivity contribution in [3.05, 3.63) is 180 Å². The number of phenols is 6. The van der Waals surface area contributed by atoms with Crippen molar-refractivity contribution in [3.63, 3.8) is 0 Å². The van der Waals surface area contributed by atoms with Crippen LogP contribution < -0.4 is 0 Å². The number of benzene rings is 6. The molecule has 0 heterocycles. The lowest BCUT2D eigenvalue weighted by atomic mass is 9.97. The zero-order valence-corrected chi connectivity index (χ0v) is 34.3. The molecule has 6 N–H and O–H groups in total. The molecule has 300 valence electrons. The first-order chi connectivity index (χ1) is 27.4. The van der Waals surface area contributed by atoms with Crippen LogP contribution in [-0.4, -0.2) is 30.6 Å². The molecule has 0 saturated heterocycles. The van der Waals surface area contributed by atoms with E-state index in [0.717, 1.165) is 77.2 Å². The maximum Gasteiger partial charge on any atom is 0.127 e. The van der Waals surface area contributed by atoms with E-state index >= 15 is 0 Å². The molecule has 0 saturated carbocycles. The lowest BCUT2D eigenvalue weighted by Gasteiger charge is -2.12. The largest absolute Gasteiger partial charge is 0.508 e. The molecule has 6 nitrogen and oxygen atoms in total. The standard InChI is InChI=1S/2C18H20O2.C16H16O2/c1-11(2)5-15-7-13-10-18(20)16(6-12(3)4)8-14(13)9-17(15)19;1-11(2)9-13-5-7-16-15(17(13)19)8-6-14(18(16)20)10-12(3)4;1-3-5-11-7-13-8-12(6-4-2)16(18)10-14(13)9-15(11)17/h7-10,19-20H,1,3,5-6H2,2,4H3;5-8,19-20H,1,3,9-10H2,2,4H3;3-4,7-10,17-18H,1-2,5-6H2. The van der Waals surface area contributed by atoms with Gasteiger partial charge in [0.2, 0.25) is 0 Å². The summed E-state index contributed by atoms with van der Waals surface area (Å²) in [5, 5.41) is 65.5. The predicted molar refractivity (Wildman–Crippen MR) is 244 cm³/mol. The van der Waals surface area contributed by atoms with Gasteiger partial charge in [0.1, 0.15) is 34.5 Å². The molecule has 0 amide bonds. The van der Waals surface area contributed by atoms with Crippen molar-refractivity contribution in [2.45, 2.75) is 66.2 Å². The number of hydrogen-bond donors (Lipinski definition) is 6. The van der Waals surface area contributed by atoms with Gasteiger partial charge in [0.15, 0.2) is 0 Å². The second kappa shape index (κ2) is 19.5. The molecular weight excluding hydrogens is 721 g/mol. The van der Waals surface area contributed by atoms with Gasteiger partial charge in [-0.25, -0.2) is 0 Å². The number of rotatable bonds is 12. The molecule has 0 atom stereocenters. The molecule has 0 spiro atoms. The summed E-state index contributed by atoms with van der Waals surface area (Å²) in [5.41, 5.74) is 8.96. The molecule has 0 aliphatic carbocycles. The highest BCUT2D eigenvalue weighted by molar-refractivity contribution is 5.95. The second-order valence-electron chi connectivity index (χ2n) is 15.4. The van der Waals surface area contributed by atoms with Crippen molar-refractivity contribution in [2.75, 3.05) is 0 Å². The van der Waals surface area contributed by atoms with Gasteiger partial charge in [-0.1, -0.05) is 85.0 Å². The predicted octanol–water partition coefficient (Wildman–Crippen LogP) is 12.7. The van der Waals surface area contributed by atoms with E-state index in [9.17, 15) is 30.6 Å². The molecule has 0 aromatic heterocycles. The fraction of sp³-hybridized carbons (Fsp3) is 0.192. The van der Waals surface area contributed by atoms with Crippen molar-refractivity contribution in [3.8, 4) is 34.5 Å². The van der Waals surface area contributed by atoms with Crippen LogP contribution in [0, 0.1) is 0 Å². The van der Waals surface area contributed by atoms with Crippen LogP contribution in [0.25, 0.3) is 32.3 Å². The summed E-state index contributed by atoms with van der Waals surface area (Å²) in [6, 6.07) is 21.9. The van der Waals surface area contributed by atoms with Crippen molar-refractivity contribution < 1.29 is 30.6 Å². The molecule has 0 radical (unpaired) electrons. The third-order valence-electron chi connectivity index (χ3n) is 9.48. The number of hydrogen-bond acceptors (Lipinski definition) is 6. The Hall–Kier alpha value is -6.66. The smallest absolute Gasteiger partial charge is 0.127 e. The third-order valence-corrected chi connectivity index (χ3v) is 9.48. The number of fused-ring (bicyclic) bond motifs is 3. The average molecular weight is 777 g/mol. The number of aromatic hydroxyl groups is 6. The summed E-state index contributed by atoms with van der Waals surface area (Å²) >= 11 is 0. The zero-order valence-electron chi connectivity index (χ0n) is 34.3. The Kier molecular flexibility index (Phi) is 14.8. The lowest BCUT2D eigenvalue weighted by molar-refractivity contribution is 0.468. The SMILES string of the molecule is C=C(C)Cc1cc2cc(O)c(CC(=C)C)cc2cc1O.C=C(C)Cc1ccc2c(O)c(CC(=C)C)ccc2c1O.C=CCc1cc2cc(CC=C)c(O)cc2cc1O. The van der Waals surface area contributed by atoms with Crippen LogP contribution >= 0.6 is 0 Å². The highest BCUT2D eigenvalue weighted by atomic mass is 16.3. The molecule has 0 fully saturated rings. The Balaban J connectivity index is 0.000000193. The Morgan fingerprint density at radius 2 is 0.655 bits per heavy atom. The van der Waals surface area contributed by atoms with Gasteiger partial charge < -0.3 is 30.6 Å². The van der Waals surface area contributed by atoms with E-state index in [1.54, 1.807) is 36.4 Å². The number of phenolic OH excluding ortho intramolecular Hbond substituents is 6. The van der Waals surface area contributed by atoms with Crippen molar-refractivity contribution in [2.24, 2.45) is 0 Å². The Morgan fingerprint density at radius 3 is 0.966 bits per heavy atom. The first-order valence-electron chi connectivity index (χ1n) is 19.1. The minimum atomic E-state index is 0.225. The van der Waals surface area contributed by atoms with Crippen molar-refractivity contribution >= 4 is 32.3 Å². The van der Waals surface area contributed by atoms with Gasteiger partial charge in [0.05, 0.1) is 0 Å². The topological polar surface area (TPSA) is 121 Å². The average Bonchev–Trinajstić information content (AvgIpc) is 3.13. The maximum absolute atomic E-state index is 10.3. The molecule has 0 aliphatic heterocycles. The summed E-state index contributed by atoms with van der Waals surface area (Å²) in [6.07, 6.45) is 7.30. The monoisotopic (exact) mass is 776 g/mol. The third kappa shape index (κ3) is 11.2. The van der Waals surface area contributed by atoms with Gasteiger partial charge in [0, 0.05) is 10.8 Å².